The summed E-state index contributed by atoms with van der Waals surface area (Å²) >= 11 is 2.56. The van der Waals surface area contributed by atoms with E-state index >= 15 is 0 Å². The minimum Gasteiger partial charge on any atom is -0.323 e. The van der Waals surface area contributed by atoms with Crippen molar-refractivity contribution in [1.82, 2.24) is 14.7 Å². The molecule has 2 rings (SSSR count). The molecule has 1 aliphatic rings. The topological polar surface area (TPSA) is 61.9 Å². The lowest BCUT2D eigenvalue weighted by Gasteiger charge is -2.21. The molecule has 6 nitrogen and oxygen atoms in total. The molecule has 0 aliphatic carbocycles. The molecule has 0 atom stereocenters. The average molecular weight is 325 g/mol. The molecule has 0 bridgehead atoms. The summed E-state index contributed by atoms with van der Waals surface area (Å²) in [5, 5.41) is 0.614. The third kappa shape index (κ3) is 4.61. The molecule has 21 heavy (non-hydrogen) atoms. The van der Waals surface area contributed by atoms with Crippen molar-refractivity contribution in [3.05, 3.63) is 41.6 Å². The lowest BCUT2D eigenvalue weighted by molar-refractivity contribution is -0.125. The van der Waals surface area contributed by atoms with Crippen molar-refractivity contribution in [2.75, 3.05) is 19.8 Å². The molecule has 0 saturated carbocycles. The fraction of sp³-hybridized carbons (Fsp3) is 0.231. The third-order valence-corrected chi connectivity index (χ3v) is 4.33. The Morgan fingerprint density at radius 1 is 1.43 bits per heavy atom. The maximum absolute atomic E-state index is 11.8. The first-order chi connectivity index (χ1) is 10.1. The standard InChI is InChI=1S/C13H15N3O3S2/c1-15-8-11(20-9-12(15)17)14-19-13(18)16(2)21-10-6-4-3-5-7-10/h3-8,14H,9H2,1-2H3. The highest BCUT2D eigenvalue weighted by Gasteiger charge is 2.18. The Morgan fingerprint density at radius 3 is 2.81 bits per heavy atom. The average Bonchev–Trinajstić information content (AvgIpc) is 2.49. The molecule has 1 N–H and O–H groups in total. The predicted octanol–water partition coefficient (Wildman–Crippen LogP) is 2.27. The zero-order valence-electron chi connectivity index (χ0n) is 11.6. The van der Waals surface area contributed by atoms with Crippen LogP contribution in [0.3, 0.4) is 0 Å². The molecule has 2 amide bonds. The maximum Gasteiger partial charge on any atom is 0.444 e. The summed E-state index contributed by atoms with van der Waals surface area (Å²) in [6, 6.07) is 9.52. The van der Waals surface area contributed by atoms with E-state index in [1.54, 1.807) is 20.3 Å². The number of rotatable bonds is 4. The second-order valence-electron chi connectivity index (χ2n) is 4.16. The zero-order valence-corrected chi connectivity index (χ0v) is 13.2. The highest BCUT2D eigenvalue weighted by molar-refractivity contribution is 8.03. The van der Waals surface area contributed by atoms with Crippen LogP contribution in [0.2, 0.25) is 0 Å². The van der Waals surface area contributed by atoms with Crippen LogP contribution in [0.25, 0.3) is 0 Å². The van der Waals surface area contributed by atoms with Crippen molar-refractivity contribution in [2.45, 2.75) is 4.90 Å². The molecule has 8 heteroatoms. The second-order valence-corrected chi connectivity index (χ2v) is 6.38. The van der Waals surface area contributed by atoms with Gasteiger partial charge in [0.25, 0.3) is 0 Å². The van der Waals surface area contributed by atoms with Gasteiger partial charge in [-0.1, -0.05) is 30.0 Å². The molecule has 0 radical (unpaired) electrons. The summed E-state index contributed by atoms with van der Waals surface area (Å²) in [6.45, 7) is 0. The molecule has 1 aromatic carbocycles. The van der Waals surface area contributed by atoms with Crippen molar-refractivity contribution in [3.8, 4) is 0 Å². The van der Waals surface area contributed by atoms with Gasteiger partial charge in [0.2, 0.25) is 5.91 Å². The van der Waals surface area contributed by atoms with Crippen LogP contribution in [0.15, 0.2) is 46.5 Å². The van der Waals surface area contributed by atoms with Gasteiger partial charge in [-0.2, -0.15) is 0 Å². The molecule has 0 spiro atoms. The van der Waals surface area contributed by atoms with Gasteiger partial charge in [0.1, 0.15) is 5.03 Å². The molecule has 0 saturated heterocycles. The van der Waals surface area contributed by atoms with E-state index in [1.807, 2.05) is 30.3 Å². The number of hydrogen-bond acceptors (Lipinski definition) is 6. The van der Waals surface area contributed by atoms with Crippen LogP contribution >= 0.6 is 23.7 Å². The summed E-state index contributed by atoms with van der Waals surface area (Å²) in [6.07, 6.45) is 1.07. The van der Waals surface area contributed by atoms with E-state index in [4.69, 9.17) is 4.84 Å². The number of hydrogen-bond donors (Lipinski definition) is 1. The Bertz CT molecular complexity index is 551. The lowest BCUT2D eigenvalue weighted by Crippen LogP contribution is -2.32. The monoisotopic (exact) mass is 325 g/mol. The SMILES string of the molecule is CN1C=C(NOC(=O)N(C)Sc2ccccc2)SCC1=O. The molecule has 1 heterocycles. The van der Waals surface area contributed by atoms with Crippen LogP contribution in [0.4, 0.5) is 4.79 Å². The normalized spacial score (nSPS) is 14.5. The van der Waals surface area contributed by atoms with Crippen molar-refractivity contribution >= 4 is 35.7 Å². The van der Waals surface area contributed by atoms with Crippen molar-refractivity contribution in [3.63, 3.8) is 0 Å². The quantitative estimate of drug-likeness (QED) is 0.677. The predicted molar refractivity (Wildman–Crippen MR) is 83.0 cm³/mol. The fourth-order valence-corrected chi connectivity index (χ4v) is 2.94. The van der Waals surface area contributed by atoms with E-state index in [0.29, 0.717) is 10.8 Å². The summed E-state index contributed by atoms with van der Waals surface area (Å²) in [4.78, 5) is 30.5. The van der Waals surface area contributed by atoms with Gasteiger partial charge in [-0.25, -0.2) is 14.6 Å². The highest BCUT2D eigenvalue weighted by atomic mass is 32.2. The van der Waals surface area contributed by atoms with Gasteiger partial charge in [-0.3, -0.25) is 4.79 Å². The van der Waals surface area contributed by atoms with Gasteiger partial charge in [-0.05, 0) is 24.1 Å². The zero-order chi connectivity index (χ0) is 15.2. The lowest BCUT2D eigenvalue weighted by atomic mass is 10.4. The second kappa shape index (κ2) is 7.28. The van der Waals surface area contributed by atoms with Crippen LogP contribution in [0.1, 0.15) is 0 Å². The number of nitrogens with zero attached hydrogens (tertiary/aromatic N) is 2. The van der Waals surface area contributed by atoms with Crippen LogP contribution < -0.4 is 5.48 Å². The smallest absolute Gasteiger partial charge is 0.323 e. The molecule has 1 aliphatic heterocycles. The number of hydroxylamine groups is 1. The molecule has 1 aromatic rings. The van der Waals surface area contributed by atoms with Crippen molar-refractivity contribution in [2.24, 2.45) is 0 Å². The largest absolute Gasteiger partial charge is 0.444 e. The Kier molecular flexibility index (Phi) is 5.40. The van der Waals surface area contributed by atoms with Gasteiger partial charge in [-0.15, -0.1) is 0 Å². The Morgan fingerprint density at radius 2 is 2.14 bits per heavy atom. The van der Waals surface area contributed by atoms with Crippen molar-refractivity contribution < 1.29 is 14.4 Å². The number of benzene rings is 1. The number of amides is 2. The number of thioether (sulfide) groups is 1. The van der Waals surface area contributed by atoms with Gasteiger partial charge in [0, 0.05) is 25.2 Å². The van der Waals surface area contributed by atoms with Crippen LogP contribution in [-0.2, 0) is 9.63 Å². The van der Waals surface area contributed by atoms with E-state index in [9.17, 15) is 9.59 Å². The van der Waals surface area contributed by atoms with Gasteiger partial charge < -0.3 is 9.74 Å². The molecule has 0 unspecified atom stereocenters. The molecule has 0 fully saturated rings. The van der Waals surface area contributed by atoms with E-state index in [-0.39, 0.29) is 5.91 Å². The fourth-order valence-electron chi connectivity index (χ4n) is 1.42. The van der Waals surface area contributed by atoms with Crippen LogP contribution in [0.5, 0.6) is 0 Å². The molecule has 0 aromatic heterocycles. The number of carbonyl (C=O) groups excluding carboxylic acids is 2. The first-order valence-electron chi connectivity index (χ1n) is 6.10. The minimum absolute atomic E-state index is 0.00799. The van der Waals surface area contributed by atoms with E-state index < -0.39 is 6.09 Å². The number of carbonyl (C=O) groups is 2. The molecular weight excluding hydrogens is 310 g/mol. The first kappa shape index (κ1) is 15.6. The summed E-state index contributed by atoms with van der Waals surface area (Å²) in [5.74, 6) is 0.329. The molecule has 112 valence electrons. The Balaban J connectivity index is 1.82. The van der Waals surface area contributed by atoms with Gasteiger partial charge >= 0.3 is 6.09 Å². The van der Waals surface area contributed by atoms with E-state index in [1.165, 1.54) is 32.9 Å². The van der Waals surface area contributed by atoms with E-state index in [0.717, 1.165) is 4.90 Å². The summed E-state index contributed by atoms with van der Waals surface area (Å²) in [7, 11) is 3.28. The highest BCUT2D eigenvalue weighted by Crippen LogP contribution is 2.22. The molecular formula is C13H15N3O3S2. The Labute approximate surface area is 131 Å². The Hall–Kier alpha value is -1.80. The van der Waals surface area contributed by atoms with Crippen LogP contribution in [-0.4, -0.2) is 41.1 Å². The van der Waals surface area contributed by atoms with E-state index in [2.05, 4.69) is 5.48 Å². The summed E-state index contributed by atoms with van der Waals surface area (Å²) < 4.78 is 1.38. The maximum atomic E-state index is 11.8. The van der Waals surface area contributed by atoms with Crippen LogP contribution in [0, 0.1) is 0 Å². The number of nitrogens with one attached hydrogen (secondary N) is 1. The first-order valence-corrected chi connectivity index (χ1v) is 7.86. The minimum atomic E-state index is -0.523. The summed E-state index contributed by atoms with van der Waals surface area (Å²) in [5.41, 5.74) is 2.56. The van der Waals surface area contributed by atoms with Gasteiger partial charge in [0.05, 0.1) is 5.75 Å². The third-order valence-electron chi connectivity index (χ3n) is 2.54. The van der Waals surface area contributed by atoms with Crippen molar-refractivity contribution in [1.29, 1.82) is 0 Å². The van der Waals surface area contributed by atoms with Gasteiger partial charge in [0.15, 0.2) is 0 Å².